The molecule has 0 fully saturated rings. The highest BCUT2D eigenvalue weighted by Crippen LogP contribution is 2.26. The minimum absolute atomic E-state index is 0.114. The molecule has 0 aliphatic rings. The summed E-state index contributed by atoms with van der Waals surface area (Å²) in [5.74, 6) is 0.0429. The average Bonchev–Trinajstić information content (AvgIpc) is 3.07. The first kappa shape index (κ1) is 17.7. The summed E-state index contributed by atoms with van der Waals surface area (Å²) in [5, 5.41) is 4.27. The lowest BCUT2D eigenvalue weighted by Crippen LogP contribution is -2.12. The Balaban J connectivity index is 2.12. The number of nitrogens with two attached hydrogens (primary N) is 1. The predicted molar refractivity (Wildman–Crippen MR) is 97.2 cm³/mol. The van der Waals surface area contributed by atoms with E-state index in [4.69, 9.17) is 10.5 Å². The van der Waals surface area contributed by atoms with Crippen LogP contribution in [-0.2, 0) is 9.84 Å². The van der Waals surface area contributed by atoms with Crippen LogP contribution in [0.15, 0.2) is 59.5 Å². The van der Waals surface area contributed by atoms with E-state index in [1.54, 1.807) is 54.3 Å². The van der Waals surface area contributed by atoms with Gasteiger partial charge >= 0.3 is 0 Å². The second-order valence-corrected chi connectivity index (χ2v) is 7.70. The van der Waals surface area contributed by atoms with Gasteiger partial charge in [-0.05, 0) is 42.5 Å². The molecule has 1 amide bonds. The Bertz CT molecular complexity index is 1050. The molecule has 0 radical (unpaired) electrons. The van der Waals surface area contributed by atoms with Gasteiger partial charge in [-0.1, -0.05) is 12.1 Å². The molecule has 3 aromatic rings. The van der Waals surface area contributed by atoms with Crippen molar-refractivity contribution in [3.05, 3.63) is 60.3 Å². The number of carbonyl (C=O) groups excluding carboxylic acids is 1. The van der Waals surface area contributed by atoms with E-state index in [1.807, 2.05) is 0 Å². The third-order valence-electron chi connectivity index (χ3n) is 3.86. The fourth-order valence-corrected chi connectivity index (χ4v) is 3.13. The Kier molecular flexibility index (Phi) is 4.52. The number of hydrogen-bond acceptors (Lipinski definition) is 5. The van der Waals surface area contributed by atoms with Crippen molar-refractivity contribution in [2.24, 2.45) is 5.73 Å². The Morgan fingerprint density at radius 3 is 2.19 bits per heavy atom. The fourth-order valence-electron chi connectivity index (χ4n) is 2.50. The molecule has 7 nitrogen and oxygen atoms in total. The van der Waals surface area contributed by atoms with Gasteiger partial charge in [-0.2, -0.15) is 5.10 Å². The monoisotopic (exact) mass is 371 g/mol. The molecule has 1 heterocycles. The van der Waals surface area contributed by atoms with E-state index in [1.165, 1.54) is 12.1 Å². The van der Waals surface area contributed by atoms with Gasteiger partial charge in [-0.15, -0.1) is 0 Å². The van der Waals surface area contributed by atoms with Gasteiger partial charge in [0.25, 0.3) is 5.91 Å². The zero-order valence-corrected chi connectivity index (χ0v) is 15.0. The second kappa shape index (κ2) is 6.64. The van der Waals surface area contributed by atoms with E-state index >= 15 is 0 Å². The summed E-state index contributed by atoms with van der Waals surface area (Å²) >= 11 is 0. The molecule has 0 saturated carbocycles. The molecule has 2 N–H and O–H groups in total. The normalized spacial score (nSPS) is 11.3. The predicted octanol–water partition coefficient (Wildman–Crippen LogP) is 2.05. The molecule has 0 spiro atoms. The molecule has 0 aliphatic heterocycles. The lowest BCUT2D eigenvalue weighted by molar-refractivity contribution is 0.0995. The van der Waals surface area contributed by atoms with E-state index in [9.17, 15) is 13.2 Å². The van der Waals surface area contributed by atoms with E-state index in [2.05, 4.69) is 5.10 Å². The fraction of sp³-hybridized carbons (Fsp3) is 0.111. The first-order valence-corrected chi connectivity index (χ1v) is 9.53. The molecule has 0 unspecified atom stereocenters. The molecule has 0 saturated heterocycles. The van der Waals surface area contributed by atoms with Gasteiger partial charge in [0.2, 0.25) is 0 Å². The zero-order chi connectivity index (χ0) is 18.9. The number of ether oxygens (including phenoxy) is 1. The number of nitrogens with zero attached hydrogens (tertiary/aromatic N) is 2. The Morgan fingerprint density at radius 1 is 1.08 bits per heavy atom. The lowest BCUT2D eigenvalue weighted by Gasteiger charge is -2.09. The minimum atomic E-state index is -3.29. The molecule has 134 valence electrons. The topological polar surface area (TPSA) is 104 Å². The van der Waals surface area contributed by atoms with Crippen molar-refractivity contribution in [2.45, 2.75) is 4.90 Å². The van der Waals surface area contributed by atoms with Crippen LogP contribution in [-0.4, -0.2) is 37.5 Å². The zero-order valence-electron chi connectivity index (χ0n) is 14.2. The summed E-state index contributed by atoms with van der Waals surface area (Å²) < 4.78 is 30.0. The highest BCUT2D eigenvalue weighted by molar-refractivity contribution is 7.90. The van der Waals surface area contributed by atoms with E-state index in [-0.39, 0.29) is 10.6 Å². The molecule has 8 heteroatoms. The van der Waals surface area contributed by atoms with Gasteiger partial charge in [0, 0.05) is 11.8 Å². The molecule has 0 atom stereocenters. The van der Waals surface area contributed by atoms with Gasteiger partial charge < -0.3 is 10.5 Å². The molecule has 1 aromatic heterocycles. The van der Waals surface area contributed by atoms with Crippen LogP contribution >= 0.6 is 0 Å². The van der Waals surface area contributed by atoms with Crippen LogP contribution in [0, 0.1) is 0 Å². The molecular weight excluding hydrogens is 354 g/mol. The number of sulfone groups is 1. The number of primary amides is 1. The number of rotatable bonds is 5. The van der Waals surface area contributed by atoms with Gasteiger partial charge in [0.05, 0.1) is 23.4 Å². The third-order valence-corrected chi connectivity index (χ3v) is 4.99. The van der Waals surface area contributed by atoms with Crippen LogP contribution in [0.1, 0.15) is 10.5 Å². The standard InChI is InChI=1S/C18H17N3O4S/c1-25-14-7-5-13(6-8-14)21-17(11-16(20-21)18(19)22)12-3-9-15(10-4-12)26(2,23)24/h3-11H,1-2H3,(H2,19,22). The maximum Gasteiger partial charge on any atom is 0.269 e. The quantitative estimate of drug-likeness (QED) is 0.739. The second-order valence-electron chi connectivity index (χ2n) is 5.69. The van der Waals surface area contributed by atoms with Gasteiger partial charge in [-0.3, -0.25) is 4.79 Å². The van der Waals surface area contributed by atoms with Gasteiger partial charge in [0.15, 0.2) is 15.5 Å². The summed E-state index contributed by atoms with van der Waals surface area (Å²) in [5.41, 5.74) is 7.50. The van der Waals surface area contributed by atoms with Crippen LogP contribution in [0.5, 0.6) is 5.75 Å². The average molecular weight is 371 g/mol. The number of benzene rings is 2. The van der Waals surface area contributed by atoms with E-state index in [0.29, 0.717) is 22.7 Å². The van der Waals surface area contributed by atoms with Crippen molar-refractivity contribution in [1.29, 1.82) is 0 Å². The molecule has 3 rings (SSSR count). The lowest BCUT2D eigenvalue weighted by atomic mass is 10.1. The van der Waals surface area contributed by atoms with Crippen LogP contribution in [0.25, 0.3) is 16.9 Å². The van der Waals surface area contributed by atoms with Crippen molar-refractivity contribution in [1.82, 2.24) is 9.78 Å². The van der Waals surface area contributed by atoms with Crippen LogP contribution in [0.2, 0.25) is 0 Å². The highest BCUT2D eigenvalue weighted by Gasteiger charge is 2.16. The van der Waals surface area contributed by atoms with E-state index < -0.39 is 15.7 Å². The molecule has 2 aromatic carbocycles. The Labute approximate surface area is 150 Å². The highest BCUT2D eigenvalue weighted by atomic mass is 32.2. The van der Waals surface area contributed by atoms with Crippen molar-refractivity contribution < 1.29 is 17.9 Å². The number of methoxy groups -OCH3 is 1. The number of aromatic nitrogens is 2. The van der Waals surface area contributed by atoms with Crippen molar-refractivity contribution >= 4 is 15.7 Å². The van der Waals surface area contributed by atoms with Crippen LogP contribution in [0.4, 0.5) is 0 Å². The first-order valence-electron chi connectivity index (χ1n) is 7.64. The summed E-state index contributed by atoms with van der Waals surface area (Å²) in [6, 6.07) is 15.1. The van der Waals surface area contributed by atoms with Crippen molar-refractivity contribution in [3.8, 4) is 22.7 Å². The summed E-state index contributed by atoms with van der Waals surface area (Å²) in [6.45, 7) is 0. The molecule has 0 aliphatic carbocycles. The number of carbonyl (C=O) groups is 1. The summed E-state index contributed by atoms with van der Waals surface area (Å²) in [4.78, 5) is 11.8. The van der Waals surface area contributed by atoms with Crippen LogP contribution in [0.3, 0.4) is 0 Å². The largest absolute Gasteiger partial charge is 0.497 e. The van der Waals surface area contributed by atoms with Crippen LogP contribution < -0.4 is 10.5 Å². The smallest absolute Gasteiger partial charge is 0.269 e. The molecular formula is C18H17N3O4S. The number of amides is 1. The minimum Gasteiger partial charge on any atom is -0.497 e. The Morgan fingerprint density at radius 2 is 1.69 bits per heavy atom. The van der Waals surface area contributed by atoms with Gasteiger partial charge in [0.1, 0.15) is 5.75 Å². The third kappa shape index (κ3) is 3.45. The van der Waals surface area contributed by atoms with E-state index in [0.717, 1.165) is 6.26 Å². The van der Waals surface area contributed by atoms with Crippen molar-refractivity contribution in [2.75, 3.05) is 13.4 Å². The van der Waals surface area contributed by atoms with Crippen molar-refractivity contribution in [3.63, 3.8) is 0 Å². The maximum atomic E-state index is 11.6. The maximum absolute atomic E-state index is 11.6. The Hall–Kier alpha value is -3.13. The molecule has 0 bridgehead atoms. The molecule has 26 heavy (non-hydrogen) atoms. The summed E-state index contributed by atoms with van der Waals surface area (Å²) in [7, 11) is -1.72. The number of hydrogen-bond donors (Lipinski definition) is 1. The first-order chi connectivity index (χ1) is 12.3. The van der Waals surface area contributed by atoms with Gasteiger partial charge in [-0.25, -0.2) is 13.1 Å². The summed E-state index contributed by atoms with van der Waals surface area (Å²) in [6.07, 6.45) is 1.15. The SMILES string of the molecule is COc1ccc(-n2nc(C(N)=O)cc2-c2ccc(S(C)(=O)=O)cc2)cc1.